The van der Waals surface area contributed by atoms with E-state index in [-0.39, 0.29) is 11.9 Å². The fraction of sp³-hybridized carbons (Fsp3) is 0.200. The van der Waals surface area contributed by atoms with Crippen LogP contribution >= 0.6 is 34.8 Å². The van der Waals surface area contributed by atoms with Crippen LogP contribution in [0.2, 0.25) is 15.1 Å². The molecular weight excluding hydrogens is 320 g/mol. The molecule has 0 saturated heterocycles. The molecule has 0 aliphatic carbocycles. The van der Waals surface area contributed by atoms with E-state index in [0.717, 1.165) is 5.56 Å². The maximum atomic E-state index is 14.1. The lowest BCUT2D eigenvalue weighted by molar-refractivity contribution is 0.559. The third-order valence-electron chi connectivity index (χ3n) is 2.97. The van der Waals surface area contributed by atoms with Crippen molar-refractivity contribution in [3.63, 3.8) is 0 Å². The van der Waals surface area contributed by atoms with Crippen LogP contribution in [-0.2, 0) is 0 Å². The normalized spacial score (nSPS) is 12.4. The van der Waals surface area contributed by atoms with Gasteiger partial charge in [-0.2, -0.15) is 0 Å². The number of hydrogen-bond donors (Lipinski definition) is 1. The topological polar surface area (TPSA) is 12.0 Å². The first-order chi connectivity index (χ1) is 9.54. The van der Waals surface area contributed by atoms with Crippen molar-refractivity contribution in [1.29, 1.82) is 0 Å². The summed E-state index contributed by atoms with van der Waals surface area (Å²) in [5, 5.41) is 4.49. The van der Waals surface area contributed by atoms with E-state index in [1.807, 2.05) is 13.0 Å². The van der Waals surface area contributed by atoms with Crippen LogP contribution in [0, 0.1) is 5.82 Å². The van der Waals surface area contributed by atoms with Gasteiger partial charge in [-0.3, -0.25) is 0 Å². The largest absolute Gasteiger partial charge is 0.306 e. The first-order valence-electron chi connectivity index (χ1n) is 6.16. The van der Waals surface area contributed by atoms with Crippen LogP contribution in [0.25, 0.3) is 0 Å². The first kappa shape index (κ1) is 15.6. The number of benzene rings is 2. The highest BCUT2D eigenvalue weighted by molar-refractivity contribution is 6.42. The van der Waals surface area contributed by atoms with Crippen molar-refractivity contribution in [3.05, 3.63) is 68.4 Å². The molecule has 2 rings (SSSR count). The highest BCUT2D eigenvalue weighted by Crippen LogP contribution is 2.33. The van der Waals surface area contributed by atoms with Gasteiger partial charge in [0.05, 0.1) is 16.1 Å². The fourth-order valence-electron chi connectivity index (χ4n) is 2.07. The zero-order chi connectivity index (χ0) is 14.7. The van der Waals surface area contributed by atoms with Crippen molar-refractivity contribution in [2.24, 2.45) is 0 Å². The Balaban J connectivity index is 2.53. The first-order valence-corrected chi connectivity index (χ1v) is 7.30. The van der Waals surface area contributed by atoms with Gasteiger partial charge in [0.25, 0.3) is 0 Å². The molecule has 0 radical (unpaired) electrons. The minimum Gasteiger partial charge on any atom is -0.306 e. The molecule has 1 N–H and O–H groups in total. The molecule has 0 bridgehead atoms. The Labute approximate surface area is 132 Å². The Morgan fingerprint density at radius 1 is 1.05 bits per heavy atom. The van der Waals surface area contributed by atoms with Crippen molar-refractivity contribution in [2.45, 2.75) is 13.0 Å². The molecule has 20 heavy (non-hydrogen) atoms. The molecule has 1 atom stereocenters. The third kappa shape index (κ3) is 3.26. The molecule has 106 valence electrons. The summed E-state index contributed by atoms with van der Waals surface area (Å²) in [6, 6.07) is 9.50. The fourth-order valence-corrected chi connectivity index (χ4v) is 2.65. The molecule has 0 amide bonds. The van der Waals surface area contributed by atoms with Gasteiger partial charge in [-0.15, -0.1) is 0 Å². The van der Waals surface area contributed by atoms with E-state index in [2.05, 4.69) is 5.32 Å². The Morgan fingerprint density at radius 3 is 2.40 bits per heavy atom. The molecule has 0 aromatic heterocycles. The molecule has 0 aliphatic rings. The van der Waals surface area contributed by atoms with E-state index in [9.17, 15) is 4.39 Å². The Morgan fingerprint density at radius 2 is 1.80 bits per heavy atom. The SMILES string of the molecule is CCNC(c1ccc(Cl)c(Cl)c1)c1c(F)cccc1Cl. The molecule has 0 fully saturated rings. The zero-order valence-electron chi connectivity index (χ0n) is 10.8. The van der Waals surface area contributed by atoms with E-state index in [1.54, 1.807) is 24.3 Å². The van der Waals surface area contributed by atoms with E-state index in [1.165, 1.54) is 6.07 Å². The lowest BCUT2D eigenvalue weighted by Gasteiger charge is -2.21. The van der Waals surface area contributed by atoms with Crippen LogP contribution in [0.15, 0.2) is 36.4 Å². The van der Waals surface area contributed by atoms with Gasteiger partial charge in [0.15, 0.2) is 0 Å². The standard InChI is InChI=1S/C15H13Cl3FN/c1-2-20-15(9-6-7-10(16)12(18)8-9)14-11(17)4-3-5-13(14)19/h3-8,15,20H,2H2,1H3. The van der Waals surface area contributed by atoms with Crippen LogP contribution in [-0.4, -0.2) is 6.54 Å². The summed E-state index contributed by atoms with van der Waals surface area (Å²) in [6.07, 6.45) is 0. The second-order valence-electron chi connectivity index (χ2n) is 4.30. The summed E-state index contributed by atoms with van der Waals surface area (Å²) in [5.74, 6) is -0.352. The molecule has 0 spiro atoms. The molecular formula is C15H13Cl3FN. The Bertz CT molecular complexity index is 596. The van der Waals surface area contributed by atoms with Crippen molar-refractivity contribution in [3.8, 4) is 0 Å². The van der Waals surface area contributed by atoms with Gasteiger partial charge >= 0.3 is 0 Å². The maximum Gasteiger partial charge on any atom is 0.129 e. The van der Waals surface area contributed by atoms with Gasteiger partial charge in [-0.25, -0.2) is 4.39 Å². The molecule has 0 saturated carbocycles. The lowest BCUT2D eigenvalue weighted by atomic mass is 9.98. The second-order valence-corrected chi connectivity index (χ2v) is 5.52. The molecule has 0 aliphatic heterocycles. The predicted molar refractivity (Wildman–Crippen MR) is 83.4 cm³/mol. The minimum absolute atomic E-state index is 0.352. The summed E-state index contributed by atoms with van der Waals surface area (Å²) in [4.78, 5) is 0. The number of nitrogens with one attached hydrogen (secondary N) is 1. The number of hydrogen-bond acceptors (Lipinski definition) is 1. The van der Waals surface area contributed by atoms with Crippen molar-refractivity contribution in [1.82, 2.24) is 5.32 Å². The number of rotatable bonds is 4. The Hall–Kier alpha value is -0.800. The smallest absolute Gasteiger partial charge is 0.129 e. The quantitative estimate of drug-likeness (QED) is 0.781. The van der Waals surface area contributed by atoms with E-state index >= 15 is 0 Å². The van der Waals surface area contributed by atoms with Crippen LogP contribution in [0.3, 0.4) is 0 Å². The van der Waals surface area contributed by atoms with Crippen LogP contribution in [0.4, 0.5) is 4.39 Å². The molecule has 1 nitrogen and oxygen atoms in total. The van der Waals surface area contributed by atoms with Gasteiger partial charge in [0, 0.05) is 10.6 Å². The van der Waals surface area contributed by atoms with Crippen molar-refractivity contribution in [2.75, 3.05) is 6.54 Å². The van der Waals surface area contributed by atoms with Crippen LogP contribution in [0.1, 0.15) is 24.1 Å². The van der Waals surface area contributed by atoms with Gasteiger partial charge < -0.3 is 5.32 Å². The second kappa shape index (κ2) is 6.77. The average molecular weight is 333 g/mol. The van der Waals surface area contributed by atoms with Crippen molar-refractivity contribution < 1.29 is 4.39 Å². The van der Waals surface area contributed by atoms with Crippen LogP contribution in [0.5, 0.6) is 0 Å². The van der Waals surface area contributed by atoms with Crippen LogP contribution < -0.4 is 5.32 Å². The zero-order valence-corrected chi connectivity index (χ0v) is 13.0. The predicted octanol–water partition coefficient (Wildman–Crippen LogP) is 5.48. The molecule has 2 aromatic carbocycles. The molecule has 5 heteroatoms. The monoisotopic (exact) mass is 331 g/mol. The highest BCUT2D eigenvalue weighted by Gasteiger charge is 2.20. The van der Waals surface area contributed by atoms with E-state index in [0.29, 0.717) is 27.2 Å². The average Bonchev–Trinajstić information content (AvgIpc) is 2.41. The third-order valence-corrected chi connectivity index (χ3v) is 4.04. The highest BCUT2D eigenvalue weighted by atomic mass is 35.5. The lowest BCUT2D eigenvalue weighted by Crippen LogP contribution is -2.23. The van der Waals surface area contributed by atoms with Crippen molar-refractivity contribution >= 4 is 34.8 Å². The Kier molecular flexibility index (Phi) is 5.28. The van der Waals surface area contributed by atoms with Gasteiger partial charge in [-0.1, -0.05) is 53.9 Å². The summed E-state index contributed by atoms with van der Waals surface area (Å²) >= 11 is 18.1. The molecule has 0 heterocycles. The molecule has 1 unspecified atom stereocenters. The summed E-state index contributed by atoms with van der Waals surface area (Å²) < 4.78 is 14.1. The summed E-state index contributed by atoms with van der Waals surface area (Å²) in [7, 11) is 0. The maximum absolute atomic E-state index is 14.1. The summed E-state index contributed by atoms with van der Waals surface area (Å²) in [6.45, 7) is 2.61. The van der Waals surface area contributed by atoms with E-state index in [4.69, 9.17) is 34.8 Å². The van der Waals surface area contributed by atoms with Gasteiger partial charge in [0.2, 0.25) is 0 Å². The van der Waals surface area contributed by atoms with Gasteiger partial charge in [-0.05, 0) is 36.4 Å². The summed E-state index contributed by atoms with van der Waals surface area (Å²) in [5.41, 5.74) is 1.22. The van der Waals surface area contributed by atoms with Gasteiger partial charge in [0.1, 0.15) is 5.82 Å². The molecule has 2 aromatic rings. The number of halogens is 4. The van der Waals surface area contributed by atoms with E-state index < -0.39 is 0 Å². The minimum atomic E-state index is -0.372.